The highest BCUT2D eigenvalue weighted by atomic mass is 15.3. The molecule has 2 fully saturated rings. The van der Waals surface area contributed by atoms with Crippen LogP contribution in [0.3, 0.4) is 0 Å². The van der Waals surface area contributed by atoms with Crippen LogP contribution in [0.5, 0.6) is 0 Å². The fraction of sp³-hybridized carbons (Fsp3) is 1.00. The minimum Gasteiger partial charge on any atom is -0.314 e. The lowest BCUT2D eigenvalue weighted by atomic mass is 10.1. The third-order valence-corrected chi connectivity index (χ3v) is 2.36. The SMILES string of the molecule is C1CN2CCNCC2C[N]1. The monoisotopic (exact) mass is 140 g/mol. The summed E-state index contributed by atoms with van der Waals surface area (Å²) in [6.07, 6.45) is 0. The van der Waals surface area contributed by atoms with Crippen LogP contribution in [-0.4, -0.2) is 50.2 Å². The Bertz CT molecular complexity index is 89.4. The molecule has 3 nitrogen and oxygen atoms in total. The van der Waals surface area contributed by atoms with Crippen LogP contribution in [0.1, 0.15) is 0 Å². The Morgan fingerprint density at radius 3 is 3.30 bits per heavy atom. The van der Waals surface area contributed by atoms with Gasteiger partial charge < -0.3 is 5.32 Å². The van der Waals surface area contributed by atoms with Crippen molar-refractivity contribution in [1.82, 2.24) is 15.5 Å². The van der Waals surface area contributed by atoms with E-state index in [4.69, 9.17) is 0 Å². The van der Waals surface area contributed by atoms with Gasteiger partial charge in [-0.05, 0) is 0 Å². The molecular weight excluding hydrogens is 126 g/mol. The Hall–Kier alpha value is -0.120. The molecule has 0 spiro atoms. The Morgan fingerprint density at radius 1 is 1.40 bits per heavy atom. The van der Waals surface area contributed by atoms with Gasteiger partial charge in [0.05, 0.1) is 0 Å². The molecule has 1 radical (unpaired) electrons. The summed E-state index contributed by atoms with van der Waals surface area (Å²) in [5.74, 6) is 0. The maximum Gasteiger partial charge on any atom is 0.0363 e. The van der Waals surface area contributed by atoms with Gasteiger partial charge in [-0.15, -0.1) is 0 Å². The lowest BCUT2D eigenvalue weighted by Gasteiger charge is -2.39. The molecule has 3 heteroatoms. The van der Waals surface area contributed by atoms with Crippen molar-refractivity contribution in [3.63, 3.8) is 0 Å². The van der Waals surface area contributed by atoms with Crippen molar-refractivity contribution in [2.45, 2.75) is 6.04 Å². The fourth-order valence-electron chi connectivity index (χ4n) is 1.72. The van der Waals surface area contributed by atoms with Crippen LogP contribution in [0, 0.1) is 0 Å². The second kappa shape index (κ2) is 2.86. The lowest BCUT2D eigenvalue weighted by molar-refractivity contribution is 0.131. The first kappa shape index (κ1) is 6.58. The van der Waals surface area contributed by atoms with Crippen molar-refractivity contribution in [1.29, 1.82) is 0 Å². The van der Waals surface area contributed by atoms with Gasteiger partial charge in [-0.3, -0.25) is 4.90 Å². The summed E-state index contributed by atoms with van der Waals surface area (Å²) in [5.41, 5.74) is 0. The van der Waals surface area contributed by atoms with Gasteiger partial charge in [-0.1, -0.05) is 0 Å². The van der Waals surface area contributed by atoms with Gasteiger partial charge in [-0.25, -0.2) is 5.32 Å². The van der Waals surface area contributed by atoms with Crippen molar-refractivity contribution < 1.29 is 0 Å². The maximum atomic E-state index is 4.38. The Balaban J connectivity index is 1.93. The highest BCUT2D eigenvalue weighted by molar-refractivity contribution is 4.84. The van der Waals surface area contributed by atoms with Crippen LogP contribution in [0.25, 0.3) is 0 Å². The summed E-state index contributed by atoms with van der Waals surface area (Å²) in [4.78, 5) is 2.55. The average Bonchev–Trinajstić information content (AvgIpc) is 2.05. The summed E-state index contributed by atoms with van der Waals surface area (Å²) < 4.78 is 0. The minimum absolute atomic E-state index is 0.711. The summed E-state index contributed by atoms with van der Waals surface area (Å²) in [6, 6.07) is 0.711. The second-order valence-electron chi connectivity index (χ2n) is 3.02. The van der Waals surface area contributed by atoms with E-state index < -0.39 is 0 Å². The number of fused-ring (bicyclic) bond motifs is 1. The van der Waals surface area contributed by atoms with Gasteiger partial charge >= 0.3 is 0 Å². The fourth-order valence-corrected chi connectivity index (χ4v) is 1.72. The van der Waals surface area contributed by atoms with Gasteiger partial charge in [0, 0.05) is 45.3 Å². The Kier molecular flexibility index (Phi) is 1.88. The molecular formula is C7H14N3. The van der Waals surface area contributed by atoms with Gasteiger partial charge in [0.2, 0.25) is 0 Å². The number of hydrogen-bond acceptors (Lipinski definition) is 2. The summed E-state index contributed by atoms with van der Waals surface area (Å²) in [7, 11) is 0. The molecule has 2 rings (SSSR count). The zero-order valence-corrected chi connectivity index (χ0v) is 6.21. The van der Waals surface area contributed by atoms with E-state index in [1.807, 2.05) is 0 Å². The number of rotatable bonds is 0. The summed E-state index contributed by atoms with van der Waals surface area (Å²) in [6.45, 7) is 6.82. The zero-order chi connectivity index (χ0) is 6.81. The first-order valence-electron chi connectivity index (χ1n) is 4.05. The summed E-state index contributed by atoms with van der Waals surface area (Å²) >= 11 is 0. The Labute approximate surface area is 61.8 Å². The molecule has 0 saturated carbocycles. The molecule has 1 unspecified atom stereocenters. The van der Waals surface area contributed by atoms with Crippen LogP contribution in [0.4, 0.5) is 0 Å². The summed E-state index contributed by atoms with van der Waals surface area (Å²) in [5, 5.41) is 7.76. The van der Waals surface area contributed by atoms with E-state index in [1.54, 1.807) is 0 Å². The van der Waals surface area contributed by atoms with Crippen molar-refractivity contribution >= 4 is 0 Å². The molecule has 2 heterocycles. The molecule has 2 saturated heterocycles. The molecule has 0 aromatic rings. The molecule has 1 atom stereocenters. The molecule has 2 aliphatic rings. The third kappa shape index (κ3) is 1.17. The molecule has 0 aromatic heterocycles. The third-order valence-electron chi connectivity index (χ3n) is 2.36. The molecule has 10 heavy (non-hydrogen) atoms. The zero-order valence-electron chi connectivity index (χ0n) is 6.21. The van der Waals surface area contributed by atoms with E-state index >= 15 is 0 Å². The molecule has 2 aliphatic heterocycles. The predicted octanol–water partition coefficient (Wildman–Crippen LogP) is -1.12. The van der Waals surface area contributed by atoms with Crippen LogP contribution in [0.2, 0.25) is 0 Å². The normalized spacial score (nSPS) is 30.0. The van der Waals surface area contributed by atoms with E-state index in [-0.39, 0.29) is 0 Å². The van der Waals surface area contributed by atoms with E-state index in [1.165, 1.54) is 13.1 Å². The van der Waals surface area contributed by atoms with Crippen molar-refractivity contribution in [3.05, 3.63) is 0 Å². The molecule has 0 amide bonds. The van der Waals surface area contributed by atoms with E-state index in [0.29, 0.717) is 6.04 Å². The van der Waals surface area contributed by atoms with E-state index in [2.05, 4.69) is 15.5 Å². The lowest BCUT2D eigenvalue weighted by Crippen LogP contribution is -2.58. The van der Waals surface area contributed by atoms with E-state index in [0.717, 1.165) is 26.2 Å². The van der Waals surface area contributed by atoms with Crippen LogP contribution in [-0.2, 0) is 0 Å². The topological polar surface area (TPSA) is 29.4 Å². The molecule has 0 aliphatic carbocycles. The quantitative estimate of drug-likeness (QED) is 0.462. The van der Waals surface area contributed by atoms with Crippen LogP contribution in [0.15, 0.2) is 0 Å². The van der Waals surface area contributed by atoms with Gasteiger partial charge in [0.25, 0.3) is 0 Å². The van der Waals surface area contributed by atoms with Gasteiger partial charge in [0.1, 0.15) is 0 Å². The molecule has 0 aromatic carbocycles. The molecule has 1 N–H and O–H groups in total. The Morgan fingerprint density at radius 2 is 2.40 bits per heavy atom. The first-order chi connectivity index (χ1) is 4.97. The molecule has 0 bridgehead atoms. The second-order valence-corrected chi connectivity index (χ2v) is 3.02. The van der Waals surface area contributed by atoms with Crippen molar-refractivity contribution in [2.75, 3.05) is 39.3 Å². The average molecular weight is 140 g/mol. The van der Waals surface area contributed by atoms with Gasteiger partial charge in [0.15, 0.2) is 0 Å². The van der Waals surface area contributed by atoms with E-state index in [9.17, 15) is 0 Å². The predicted molar refractivity (Wildman–Crippen MR) is 40.1 cm³/mol. The van der Waals surface area contributed by atoms with Gasteiger partial charge in [-0.2, -0.15) is 0 Å². The van der Waals surface area contributed by atoms with Crippen molar-refractivity contribution in [2.24, 2.45) is 0 Å². The first-order valence-corrected chi connectivity index (χ1v) is 4.05. The maximum absolute atomic E-state index is 4.38. The molecule has 57 valence electrons. The number of nitrogens with one attached hydrogen (secondary N) is 1. The highest BCUT2D eigenvalue weighted by Gasteiger charge is 2.24. The smallest absolute Gasteiger partial charge is 0.0363 e. The number of hydrogen-bond donors (Lipinski definition) is 1. The highest BCUT2D eigenvalue weighted by Crippen LogP contribution is 2.04. The largest absolute Gasteiger partial charge is 0.314 e. The van der Waals surface area contributed by atoms with Crippen molar-refractivity contribution in [3.8, 4) is 0 Å². The van der Waals surface area contributed by atoms with Crippen LogP contribution < -0.4 is 10.6 Å². The standard InChI is InChI=1S/C7H14N3/c1-3-10-4-2-9-6-7(10)5-8-1/h7-8H,1-6H2. The minimum atomic E-state index is 0.711. The van der Waals surface area contributed by atoms with Crippen LogP contribution >= 0.6 is 0 Å². The number of nitrogens with zero attached hydrogens (tertiary/aromatic N) is 2. The number of piperazine rings is 2.